The van der Waals surface area contributed by atoms with E-state index >= 15 is 0 Å². The Morgan fingerprint density at radius 1 is 1.11 bits per heavy atom. The van der Waals surface area contributed by atoms with E-state index in [-0.39, 0.29) is 31.0 Å². The lowest BCUT2D eigenvalue weighted by molar-refractivity contribution is -0.137. The number of carbonyl (C=O) groups excluding carboxylic acids is 3. The number of hydrogen-bond donors (Lipinski definition) is 1. The van der Waals surface area contributed by atoms with E-state index in [0.29, 0.717) is 27.4 Å². The van der Waals surface area contributed by atoms with Crippen molar-refractivity contribution in [3.8, 4) is 11.1 Å². The van der Waals surface area contributed by atoms with Crippen LogP contribution in [0.3, 0.4) is 0 Å². The van der Waals surface area contributed by atoms with Gasteiger partial charge in [-0.15, -0.1) is 0 Å². The summed E-state index contributed by atoms with van der Waals surface area (Å²) < 4.78 is 15.8. The summed E-state index contributed by atoms with van der Waals surface area (Å²) in [4.78, 5) is 48.3. The van der Waals surface area contributed by atoms with E-state index in [1.807, 2.05) is 12.1 Å². The Morgan fingerprint density at radius 3 is 2.58 bits per heavy atom. The highest BCUT2D eigenvalue weighted by molar-refractivity contribution is 6.30. The van der Waals surface area contributed by atoms with Gasteiger partial charge in [-0.25, -0.2) is 14.4 Å². The van der Waals surface area contributed by atoms with Gasteiger partial charge in [-0.2, -0.15) is 5.10 Å². The Morgan fingerprint density at radius 2 is 1.87 bits per heavy atom. The predicted molar refractivity (Wildman–Crippen MR) is 141 cm³/mol. The topological polar surface area (TPSA) is 110 Å². The van der Waals surface area contributed by atoms with Gasteiger partial charge in [0.1, 0.15) is 30.3 Å². The number of fused-ring (bicyclic) bond motifs is 1. The maximum Gasteiger partial charge on any atom is 0.247 e. The van der Waals surface area contributed by atoms with Gasteiger partial charge in [0.2, 0.25) is 11.8 Å². The predicted octanol–water partition coefficient (Wildman–Crippen LogP) is 4.24. The van der Waals surface area contributed by atoms with Crippen molar-refractivity contribution in [1.29, 1.82) is 0 Å². The lowest BCUT2D eigenvalue weighted by atomic mass is 10.0. The molecule has 194 valence electrons. The average molecular weight is 535 g/mol. The van der Waals surface area contributed by atoms with E-state index < -0.39 is 24.0 Å². The number of amides is 2. The van der Waals surface area contributed by atoms with Crippen molar-refractivity contribution in [2.45, 2.75) is 39.0 Å². The highest BCUT2D eigenvalue weighted by Crippen LogP contribution is 2.28. The van der Waals surface area contributed by atoms with Crippen LogP contribution in [0.2, 0.25) is 5.02 Å². The monoisotopic (exact) mass is 534 g/mol. The van der Waals surface area contributed by atoms with Crippen LogP contribution in [0.25, 0.3) is 22.0 Å². The smallest absolute Gasteiger partial charge is 0.247 e. The van der Waals surface area contributed by atoms with E-state index in [4.69, 9.17) is 11.6 Å². The van der Waals surface area contributed by atoms with E-state index in [1.165, 1.54) is 16.5 Å². The average Bonchev–Trinajstić information content (AvgIpc) is 3.45. The normalized spacial score (nSPS) is 17.1. The van der Waals surface area contributed by atoms with Gasteiger partial charge < -0.3 is 10.2 Å². The second-order valence-electron chi connectivity index (χ2n) is 9.21. The number of ketones is 1. The molecule has 0 radical (unpaired) electrons. The molecule has 38 heavy (non-hydrogen) atoms. The first-order valence-corrected chi connectivity index (χ1v) is 12.4. The molecule has 9 nitrogen and oxygen atoms in total. The molecule has 0 spiro atoms. The van der Waals surface area contributed by atoms with Gasteiger partial charge in [0.05, 0.1) is 12.1 Å². The molecule has 0 unspecified atom stereocenters. The quantitative estimate of drug-likeness (QED) is 0.371. The standard InChI is InChI=1S/C27H24ClFN6O3/c1-15(36)26-22-8-17(18-11-30-16(2)31-12-18)6-7-23(22)35(33-26)14-25(37)34-13-20(29)10-24(34)27(38)32-21-5-3-4-19(28)9-21/h3-9,11-12,20,24H,10,13-14H2,1-2H3,(H,32,38)/t20-,24+/m1/s1. The van der Waals surface area contributed by atoms with E-state index in [0.717, 1.165) is 11.1 Å². The number of nitrogens with zero attached hydrogens (tertiary/aromatic N) is 5. The molecular weight excluding hydrogens is 511 g/mol. The zero-order chi connectivity index (χ0) is 27.0. The second kappa shape index (κ2) is 10.3. The van der Waals surface area contributed by atoms with Crippen molar-refractivity contribution < 1.29 is 18.8 Å². The molecule has 3 heterocycles. The number of carbonyl (C=O) groups is 3. The fourth-order valence-corrected chi connectivity index (χ4v) is 4.79. The third-order valence-corrected chi connectivity index (χ3v) is 6.68. The Hall–Kier alpha value is -4.18. The fourth-order valence-electron chi connectivity index (χ4n) is 4.60. The molecule has 2 aromatic heterocycles. The molecule has 5 rings (SSSR count). The van der Waals surface area contributed by atoms with Crippen LogP contribution in [0.5, 0.6) is 0 Å². The van der Waals surface area contributed by atoms with Crippen molar-refractivity contribution in [2.24, 2.45) is 0 Å². The number of alkyl halides is 1. The van der Waals surface area contributed by atoms with Crippen LogP contribution in [0, 0.1) is 6.92 Å². The zero-order valence-electron chi connectivity index (χ0n) is 20.7. The van der Waals surface area contributed by atoms with Gasteiger partial charge in [0, 0.05) is 47.4 Å². The molecule has 2 aromatic carbocycles. The summed E-state index contributed by atoms with van der Waals surface area (Å²) in [6, 6.07) is 11.0. The number of halogens is 2. The molecule has 1 aliphatic rings. The highest BCUT2D eigenvalue weighted by atomic mass is 35.5. The Labute approximate surface area is 222 Å². The van der Waals surface area contributed by atoms with Gasteiger partial charge in [-0.1, -0.05) is 23.7 Å². The number of rotatable bonds is 6. The number of hydrogen-bond acceptors (Lipinski definition) is 6. The Bertz CT molecular complexity index is 1550. The van der Waals surface area contributed by atoms with Gasteiger partial charge >= 0.3 is 0 Å². The first kappa shape index (κ1) is 25.5. The van der Waals surface area contributed by atoms with Crippen molar-refractivity contribution in [1.82, 2.24) is 24.6 Å². The molecular formula is C27H24ClFN6O3. The zero-order valence-corrected chi connectivity index (χ0v) is 21.4. The molecule has 2 amide bonds. The number of aromatic nitrogens is 4. The second-order valence-corrected chi connectivity index (χ2v) is 9.64. The van der Waals surface area contributed by atoms with Crippen molar-refractivity contribution in [3.05, 3.63) is 71.4 Å². The number of likely N-dealkylation sites (tertiary alicyclic amines) is 1. The third kappa shape index (κ3) is 5.12. The number of benzene rings is 2. The van der Waals surface area contributed by atoms with Gasteiger partial charge in [0.25, 0.3) is 0 Å². The minimum absolute atomic E-state index is 0.112. The van der Waals surface area contributed by atoms with Crippen LogP contribution in [-0.4, -0.2) is 61.0 Å². The molecule has 1 fully saturated rings. The molecule has 0 aliphatic carbocycles. The van der Waals surface area contributed by atoms with Gasteiger partial charge in [-0.3, -0.25) is 19.1 Å². The number of anilines is 1. The molecule has 11 heteroatoms. The summed E-state index contributed by atoms with van der Waals surface area (Å²) in [6.45, 7) is 2.73. The molecule has 1 aliphatic heterocycles. The van der Waals surface area contributed by atoms with Gasteiger partial charge in [-0.05, 0) is 42.8 Å². The molecule has 1 N–H and O–H groups in total. The Kier molecular flexibility index (Phi) is 6.90. The molecule has 1 saturated heterocycles. The van der Waals surface area contributed by atoms with Crippen LogP contribution in [-0.2, 0) is 16.1 Å². The van der Waals surface area contributed by atoms with E-state index in [1.54, 1.807) is 49.6 Å². The maximum atomic E-state index is 14.4. The summed E-state index contributed by atoms with van der Waals surface area (Å²) in [6.07, 6.45) is 1.94. The molecule has 0 saturated carbocycles. The van der Waals surface area contributed by atoms with Crippen molar-refractivity contribution in [3.63, 3.8) is 0 Å². The summed E-state index contributed by atoms with van der Waals surface area (Å²) in [5.41, 5.74) is 2.80. The maximum absolute atomic E-state index is 14.4. The number of Topliss-reactive ketones (excluding diaryl/α,β-unsaturated/α-hetero) is 1. The highest BCUT2D eigenvalue weighted by Gasteiger charge is 2.40. The summed E-state index contributed by atoms with van der Waals surface area (Å²) >= 11 is 5.99. The molecule has 4 aromatic rings. The largest absolute Gasteiger partial charge is 0.326 e. The lowest BCUT2D eigenvalue weighted by Gasteiger charge is -2.23. The first-order valence-electron chi connectivity index (χ1n) is 12.0. The minimum atomic E-state index is -1.34. The summed E-state index contributed by atoms with van der Waals surface area (Å²) in [7, 11) is 0. The lowest BCUT2D eigenvalue weighted by Crippen LogP contribution is -2.44. The first-order chi connectivity index (χ1) is 18.2. The molecule has 2 atom stereocenters. The summed E-state index contributed by atoms with van der Waals surface area (Å²) in [5, 5.41) is 8.11. The minimum Gasteiger partial charge on any atom is -0.326 e. The molecule has 0 bridgehead atoms. The van der Waals surface area contributed by atoms with E-state index in [2.05, 4.69) is 20.4 Å². The third-order valence-electron chi connectivity index (χ3n) is 6.45. The van der Waals surface area contributed by atoms with Crippen LogP contribution in [0.4, 0.5) is 10.1 Å². The van der Waals surface area contributed by atoms with Crippen molar-refractivity contribution in [2.75, 3.05) is 11.9 Å². The van der Waals surface area contributed by atoms with Crippen molar-refractivity contribution >= 4 is 45.8 Å². The van der Waals surface area contributed by atoms with Crippen LogP contribution < -0.4 is 5.32 Å². The SMILES string of the molecule is CC(=O)c1nn(CC(=O)N2C[C@H](F)C[C@H]2C(=O)Nc2cccc(Cl)c2)c2ccc(-c3cnc(C)nc3)cc12. The van der Waals surface area contributed by atoms with Crippen LogP contribution in [0.1, 0.15) is 29.7 Å². The fraction of sp³-hybridized carbons (Fsp3) is 0.259. The number of nitrogens with one attached hydrogen (secondary N) is 1. The Balaban J connectivity index is 1.41. The van der Waals surface area contributed by atoms with Gasteiger partial charge in [0.15, 0.2) is 5.78 Å². The van der Waals surface area contributed by atoms with Crippen LogP contribution in [0.15, 0.2) is 54.9 Å². The van der Waals surface area contributed by atoms with E-state index in [9.17, 15) is 18.8 Å². The summed E-state index contributed by atoms with van der Waals surface area (Å²) in [5.74, 6) is -0.600. The van der Waals surface area contributed by atoms with Crippen LogP contribution >= 0.6 is 11.6 Å². The number of aryl methyl sites for hydroxylation is 1.